The fourth-order valence-electron chi connectivity index (χ4n) is 2.04. The highest BCUT2D eigenvalue weighted by atomic mass is 79.9. The Bertz CT molecular complexity index is 783. The molecule has 0 aliphatic rings. The Kier molecular flexibility index (Phi) is 6.84. The number of hydrogen-bond acceptors (Lipinski definition) is 3. The van der Waals surface area contributed by atoms with E-state index in [9.17, 15) is 9.59 Å². The largest absolute Gasteiger partial charge is 0.481 e. The smallest absolute Gasteiger partial charge is 0.261 e. The van der Waals surface area contributed by atoms with Gasteiger partial charge in [0.1, 0.15) is 5.75 Å². The Morgan fingerprint density at radius 3 is 2.68 bits per heavy atom. The Balaban J connectivity index is 1.82. The van der Waals surface area contributed by atoms with Gasteiger partial charge >= 0.3 is 0 Å². The summed E-state index contributed by atoms with van der Waals surface area (Å²) in [6.45, 7) is 3.39. The Hall–Kier alpha value is -2.05. The van der Waals surface area contributed by atoms with Gasteiger partial charge in [0.2, 0.25) is 5.91 Å². The highest BCUT2D eigenvalue weighted by molar-refractivity contribution is 9.10. The van der Waals surface area contributed by atoms with Crippen molar-refractivity contribution in [2.75, 3.05) is 11.9 Å². The number of carbonyl (C=O) groups excluding carboxylic acids is 2. The molecule has 1 unspecified atom stereocenters. The van der Waals surface area contributed by atoms with Gasteiger partial charge in [-0.1, -0.05) is 33.6 Å². The third-order valence-electron chi connectivity index (χ3n) is 3.34. The minimum absolute atomic E-state index is 0.142. The molecule has 0 aliphatic heterocycles. The second-order valence-electron chi connectivity index (χ2n) is 5.45. The number of anilines is 1. The number of aryl methyl sites for hydroxylation is 1. The van der Waals surface area contributed by atoms with Crippen molar-refractivity contribution < 1.29 is 14.3 Å². The fourth-order valence-corrected chi connectivity index (χ4v) is 2.46. The van der Waals surface area contributed by atoms with Crippen molar-refractivity contribution in [3.8, 4) is 5.75 Å². The van der Waals surface area contributed by atoms with Crippen LogP contribution in [0, 0.1) is 6.92 Å². The molecule has 0 aliphatic carbocycles. The topological polar surface area (TPSA) is 67.4 Å². The van der Waals surface area contributed by atoms with Gasteiger partial charge < -0.3 is 15.4 Å². The van der Waals surface area contributed by atoms with Crippen molar-refractivity contribution in [3.63, 3.8) is 0 Å². The predicted molar refractivity (Wildman–Crippen MR) is 102 cm³/mol. The molecule has 132 valence electrons. The van der Waals surface area contributed by atoms with Crippen molar-refractivity contribution >= 4 is 45.0 Å². The summed E-state index contributed by atoms with van der Waals surface area (Å²) in [7, 11) is 0. The molecule has 0 bridgehead atoms. The molecule has 2 aromatic carbocycles. The van der Waals surface area contributed by atoms with Gasteiger partial charge in [-0.25, -0.2) is 0 Å². The lowest BCUT2D eigenvalue weighted by molar-refractivity contribution is -0.129. The van der Waals surface area contributed by atoms with Crippen molar-refractivity contribution in [2.24, 2.45) is 0 Å². The first-order valence-corrected chi connectivity index (χ1v) is 8.78. The SMILES string of the molecule is Cc1cc(NC(=O)CNC(=O)C(C)Oc2cccc(Cl)c2)ccc1Br. The quantitative estimate of drug-likeness (QED) is 0.737. The Morgan fingerprint density at radius 1 is 1.24 bits per heavy atom. The molecule has 2 rings (SSSR count). The molecule has 0 fully saturated rings. The van der Waals surface area contributed by atoms with Crippen molar-refractivity contribution in [3.05, 3.63) is 57.5 Å². The van der Waals surface area contributed by atoms with E-state index in [1.54, 1.807) is 37.3 Å². The van der Waals surface area contributed by atoms with Gasteiger partial charge in [0.15, 0.2) is 6.10 Å². The van der Waals surface area contributed by atoms with Crippen LogP contribution in [-0.2, 0) is 9.59 Å². The van der Waals surface area contributed by atoms with E-state index < -0.39 is 6.10 Å². The molecule has 25 heavy (non-hydrogen) atoms. The van der Waals surface area contributed by atoms with Crippen LogP contribution in [0.25, 0.3) is 0 Å². The van der Waals surface area contributed by atoms with Gasteiger partial charge in [-0.05, 0) is 55.8 Å². The summed E-state index contributed by atoms with van der Waals surface area (Å²) in [6.07, 6.45) is -0.749. The standard InChI is InChI=1S/C18H18BrClN2O3/c1-11-8-14(6-7-16(11)19)22-17(23)10-21-18(24)12(2)25-15-5-3-4-13(20)9-15/h3-9,12H,10H2,1-2H3,(H,21,24)(H,22,23). The Labute approximate surface area is 159 Å². The summed E-state index contributed by atoms with van der Waals surface area (Å²) in [6, 6.07) is 12.2. The second kappa shape index (κ2) is 8.87. The van der Waals surface area contributed by atoms with E-state index in [2.05, 4.69) is 26.6 Å². The first kappa shape index (κ1) is 19.3. The fraction of sp³-hybridized carbons (Fsp3) is 0.222. The van der Waals surface area contributed by atoms with Gasteiger partial charge in [0, 0.05) is 15.2 Å². The number of nitrogens with one attached hydrogen (secondary N) is 2. The molecule has 0 heterocycles. The lowest BCUT2D eigenvalue weighted by Gasteiger charge is -2.15. The number of amides is 2. The molecule has 0 saturated heterocycles. The van der Waals surface area contributed by atoms with Gasteiger partial charge in [0.05, 0.1) is 6.54 Å². The normalized spacial score (nSPS) is 11.5. The minimum atomic E-state index is -0.749. The van der Waals surface area contributed by atoms with Gasteiger partial charge in [-0.3, -0.25) is 9.59 Å². The van der Waals surface area contributed by atoms with Crippen molar-refractivity contribution in [1.29, 1.82) is 0 Å². The van der Waals surface area contributed by atoms with E-state index in [0.717, 1.165) is 10.0 Å². The maximum Gasteiger partial charge on any atom is 0.261 e. The molecule has 1 atom stereocenters. The number of benzene rings is 2. The lowest BCUT2D eigenvalue weighted by Crippen LogP contribution is -2.40. The maximum absolute atomic E-state index is 12.0. The first-order valence-electron chi connectivity index (χ1n) is 7.61. The third-order valence-corrected chi connectivity index (χ3v) is 4.47. The van der Waals surface area contributed by atoms with Gasteiger partial charge in [-0.15, -0.1) is 0 Å². The molecular weight excluding hydrogens is 408 g/mol. The maximum atomic E-state index is 12.0. The van der Waals surface area contributed by atoms with Crippen LogP contribution in [0.5, 0.6) is 5.75 Å². The van der Waals surface area contributed by atoms with E-state index in [4.69, 9.17) is 16.3 Å². The predicted octanol–water partition coefficient (Wildman–Crippen LogP) is 3.93. The Morgan fingerprint density at radius 2 is 2.00 bits per heavy atom. The summed E-state index contributed by atoms with van der Waals surface area (Å²) >= 11 is 9.27. The number of carbonyl (C=O) groups is 2. The van der Waals surface area contributed by atoms with E-state index in [-0.39, 0.29) is 18.4 Å². The van der Waals surface area contributed by atoms with E-state index in [1.807, 2.05) is 19.1 Å². The summed E-state index contributed by atoms with van der Waals surface area (Å²) in [5.74, 6) is -0.211. The second-order valence-corrected chi connectivity index (χ2v) is 6.74. The molecule has 0 radical (unpaired) electrons. The zero-order valence-corrected chi connectivity index (χ0v) is 16.1. The summed E-state index contributed by atoms with van der Waals surface area (Å²) in [4.78, 5) is 24.0. The summed E-state index contributed by atoms with van der Waals surface area (Å²) < 4.78 is 6.47. The average Bonchev–Trinajstić information content (AvgIpc) is 2.56. The molecule has 2 N–H and O–H groups in total. The molecular formula is C18H18BrClN2O3. The monoisotopic (exact) mass is 424 g/mol. The van der Waals surface area contributed by atoms with Crippen molar-refractivity contribution in [2.45, 2.75) is 20.0 Å². The number of hydrogen-bond donors (Lipinski definition) is 2. The van der Waals surface area contributed by atoms with E-state index in [0.29, 0.717) is 16.5 Å². The highest BCUT2D eigenvalue weighted by Crippen LogP contribution is 2.20. The zero-order valence-electron chi connectivity index (χ0n) is 13.8. The van der Waals surface area contributed by atoms with Crippen LogP contribution >= 0.6 is 27.5 Å². The lowest BCUT2D eigenvalue weighted by atomic mass is 10.2. The van der Waals surface area contributed by atoms with Crippen LogP contribution in [-0.4, -0.2) is 24.5 Å². The third kappa shape index (κ3) is 6.07. The first-order chi connectivity index (χ1) is 11.8. The molecule has 0 spiro atoms. The van der Waals surface area contributed by atoms with E-state index >= 15 is 0 Å². The average molecular weight is 426 g/mol. The zero-order chi connectivity index (χ0) is 18.4. The molecule has 2 aromatic rings. The van der Waals surface area contributed by atoms with Crippen LogP contribution in [0.15, 0.2) is 46.9 Å². The minimum Gasteiger partial charge on any atom is -0.481 e. The van der Waals surface area contributed by atoms with Gasteiger partial charge in [-0.2, -0.15) is 0 Å². The van der Waals surface area contributed by atoms with Crippen molar-refractivity contribution in [1.82, 2.24) is 5.32 Å². The molecule has 5 nitrogen and oxygen atoms in total. The molecule has 0 aromatic heterocycles. The highest BCUT2D eigenvalue weighted by Gasteiger charge is 2.16. The number of halogens is 2. The number of ether oxygens (including phenoxy) is 1. The molecule has 2 amide bonds. The van der Waals surface area contributed by atoms with E-state index in [1.165, 1.54) is 0 Å². The number of rotatable bonds is 6. The van der Waals surface area contributed by atoms with Crippen LogP contribution in [0.4, 0.5) is 5.69 Å². The van der Waals surface area contributed by atoms with Crippen LogP contribution in [0.2, 0.25) is 5.02 Å². The summed E-state index contributed by atoms with van der Waals surface area (Å²) in [5.41, 5.74) is 1.67. The van der Waals surface area contributed by atoms with Crippen LogP contribution in [0.1, 0.15) is 12.5 Å². The van der Waals surface area contributed by atoms with Gasteiger partial charge in [0.25, 0.3) is 5.91 Å². The summed E-state index contributed by atoms with van der Waals surface area (Å²) in [5, 5.41) is 5.80. The van der Waals surface area contributed by atoms with Crippen LogP contribution < -0.4 is 15.4 Å². The van der Waals surface area contributed by atoms with Crippen LogP contribution in [0.3, 0.4) is 0 Å². The molecule has 0 saturated carbocycles. The molecule has 7 heteroatoms.